The molecule has 4 rings (SSSR count). The van der Waals surface area contributed by atoms with Crippen LogP contribution in [0.1, 0.15) is 43.5 Å². The monoisotopic (exact) mass is 378 g/mol. The number of amides is 1. The van der Waals surface area contributed by atoms with Crippen molar-refractivity contribution in [2.75, 3.05) is 13.2 Å². The molecule has 0 spiro atoms. The molecule has 0 bridgehead atoms. The van der Waals surface area contributed by atoms with Crippen molar-refractivity contribution in [1.29, 1.82) is 0 Å². The Morgan fingerprint density at radius 1 is 1.29 bits per heavy atom. The molecule has 1 saturated carbocycles. The maximum atomic E-state index is 12.9. The van der Waals surface area contributed by atoms with E-state index in [1.54, 1.807) is 6.20 Å². The van der Waals surface area contributed by atoms with Gasteiger partial charge in [0.2, 0.25) is 0 Å². The Kier molecular flexibility index (Phi) is 5.13. The number of benzene rings is 1. The molecule has 2 heterocycles. The molecule has 6 heteroatoms. The van der Waals surface area contributed by atoms with Crippen molar-refractivity contribution in [2.45, 2.75) is 45.3 Å². The van der Waals surface area contributed by atoms with Crippen LogP contribution in [0.15, 0.2) is 42.6 Å². The van der Waals surface area contributed by atoms with E-state index in [9.17, 15) is 4.79 Å². The van der Waals surface area contributed by atoms with Gasteiger partial charge in [-0.1, -0.05) is 30.3 Å². The standard InChI is InChI=1S/C22H26N4O2/c1-3-26-20-18(15-24-26)17(14-19(25-20)16-8-5-4-6-9-16)21(27)23-12-13-28-22(2)10-7-11-22/h4-6,8-9,14-15H,3,7,10-13H2,1-2H3,(H,23,27). The van der Waals surface area contributed by atoms with Crippen LogP contribution in [-0.2, 0) is 11.3 Å². The second kappa shape index (κ2) is 7.72. The number of aryl methyl sites for hydroxylation is 1. The molecular formula is C22H26N4O2. The first-order chi connectivity index (χ1) is 13.6. The highest BCUT2D eigenvalue weighted by atomic mass is 16.5. The van der Waals surface area contributed by atoms with Crippen LogP contribution < -0.4 is 5.32 Å². The lowest BCUT2D eigenvalue weighted by molar-refractivity contribution is -0.0831. The normalized spacial score (nSPS) is 15.4. The van der Waals surface area contributed by atoms with Crippen LogP contribution in [0.2, 0.25) is 0 Å². The van der Waals surface area contributed by atoms with E-state index in [0.29, 0.717) is 25.3 Å². The summed E-state index contributed by atoms with van der Waals surface area (Å²) in [5.74, 6) is -0.123. The molecule has 1 fully saturated rings. The highest BCUT2D eigenvalue weighted by molar-refractivity contribution is 6.06. The Morgan fingerprint density at radius 3 is 2.75 bits per heavy atom. The second-order valence-electron chi connectivity index (χ2n) is 7.53. The van der Waals surface area contributed by atoms with Gasteiger partial charge >= 0.3 is 0 Å². The number of fused-ring (bicyclic) bond motifs is 1. The van der Waals surface area contributed by atoms with Gasteiger partial charge in [0, 0.05) is 18.7 Å². The Morgan fingerprint density at radius 2 is 2.07 bits per heavy atom. The second-order valence-corrected chi connectivity index (χ2v) is 7.53. The summed E-state index contributed by atoms with van der Waals surface area (Å²) >= 11 is 0. The van der Waals surface area contributed by atoms with Crippen molar-refractivity contribution >= 4 is 16.9 Å². The maximum Gasteiger partial charge on any atom is 0.252 e. The lowest BCUT2D eigenvalue weighted by Crippen LogP contribution is -2.39. The summed E-state index contributed by atoms with van der Waals surface area (Å²) in [4.78, 5) is 17.7. The average molecular weight is 378 g/mol. The smallest absolute Gasteiger partial charge is 0.252 e. The largest absolute Gasteiger partial charge is 0.373 e. The third-order valence-corrected chi connectivity index (χ3v) is 5.47. The van der Waals surface area contributed by atoms with Crippen LogP contribution in [0.25, 0.3) is 22.3 Å². The van der Waals surface area contributed by atoms with E-state index < -0.39 is 0 Å². The van der Waals surface area contributed by atoms with Crippen molar-refractivity contribution in [3.05, 3.63) is 48.2 Å². The molecule has 146 valence electrons. The quantitative estimate of drug-likeness (QED) is 0.635. The van der Waals surface area contributed by atoms with Crippen LogP contribution in [0.3, 0.4) is 0 Å². The molecule has 0 saturated heterocycles. The van der Waals surface area contributed by atoms with Crippen molar-refractivity contribution in [3.8, 4) is 11.3 Å². The molecule has 1 aromatic carbocycles. The number of nitrogens with one attached hydrogen (secondary N) is 1. The minimum atomic E-state index is -0.123. The summed E-state index contributed by atoms with van der Waals surface area (Å²) in [7, 11) is 0. The van der Waals surface area contributed by atoms with Gasteiger partial charge in [-0.25, -0.2) is 9.67 Å². The van der Waals surface area contributed by atoms with Gasteiger partial charge in [0.1, 0.15) is 0 Å². The predicted octanol–water partition coefficient (Wildman–Crippen LogP) is 3.81. The van der Waals surface area contributed by atoms with Gasteiger partial charge in [-0.3, -0.25) is 4.79 Å². The molecule has 0 radical (unpaired) electrons. The van der Waals surface area contributed by atoms with E-state index in [4.69, 9.17) is 9.72 Å². The van der Waals surface area contributed by atoms with Gasteiger partial charge in [0.25, 0.3) is 5.91 Å². The summed E-state index contributed by atoms with van der Waals surface area (Å²) in [6.45, 7) is 5.86. The molecule has 2 aromatic heterocycles. The number of aromatic nitrogens is 3. The average Bonchev–Trinajstić information content (AvgIpc) is 3.12. The third kappa shape index (κ3) is 3.64. The molecule has 0 aliphatic heterocycles. The van der Waals surface area contributed by atoms with Gasteiger partial charge < -0.3 is 10.1 Å². The summed E-state index contributed by atoms with van der Waals surface area (Å²) in [6.07, 6.45) is 5.15. The highest BCUT2D eigenvalue weighted by Crippen LogP contribution is 2.34. The van der Waals surface area contributed by atoms with E-state index in [1.165, 1.54) is 6.42 Å². The van der Waals surface area contributed by atoms with Gasteiger partial charge in [0.15, 0.2) is 5.65 Å². The Labute approximate surface area is 164 Å². The fourth-order valence-corrected chi connectivity index (χ4v) is 3.60. The van der Waals surface area contributed by atoms with Gasteiger partial charge in [0.05, 0.1) is 35.0 Å². The lowest BCUT2D eigenvalue weighted by Gasteiger charge is -2.38. The van der Waals surface area contributed by atoms with Crippen LogP contribution >= 0.6 is 0 Å². The van der Waals surface area contributed by atoms with E-state index in [1.807, 2.05) is 48.0 Å². The minimum absolute atomic E-state index is 0.00257. The first-order valence-electron chi connectivity index (χ1n) is 9.94. The first-order valence-corrected chi connectivity index (χ1v) is 9.94. The molecule has 1 N–H and O–H groups in total. The molecule has 28 heavy (non-hydrogen) atoms. The number of carbonyl (C=O) groups excluding carboxylic acids is 1. The Balaban J connectivity index is 1.57. The van der Waals surface area contributed by atoms with Crippen LogP contribution in [0, 0.1) is 0 Å². The van der Waals surface area contributed by atoms with E-state index in [-0.39, 0.29) is 11.5 Å². The number of rotatable bonds is 7. The van der Waals surface area contributed by atoms with Crippen molar-refractivity contribution in [2.24, 2.45) is 0 Å². The molecule has 0 atom stereocenters. The van der Waals surface area contributed by atoms with Crippen molar-refractivity contribution in [3.63, 3.8) is 0 Å². The SMILES string of the molecule is CCn1ncc2c(C(=O)NCCOC3(C)CCC3)cc(-c3ccccc3)nc21. The van der Waals surface area contributed by atoms with Crippen LogP contribution in [0.4, 0.5) is 0 Å². The fraction of sp³-hybridized carbons (Fsp3) is 0.409. The predicted molar refractivity (Wildman–Crippen MR) is 109 cm³/mol. The number of hydrogen-bond donors (Lipinski definition) is 1. The third-order valence-electron chi connectivity index (χ3n) is 5.47. The van der Waals surface area contributed by atoms with Crippen LogP contribution in [0.5, 0.6) is 0 Å². The Bertz CT molecular complexity index is 977. The summed E-state index contributed by atoms with van der Waals surface area (Å²) in [5.41, 5.74) is 3.07. The summed E-state index contributed by atoms with van der Waals surface area (Å²) < 4.78 is 7.73. The minimum Gasteiger partial charge on any atom is -0.373 e. The number of nitrogens with zero attached hydrogens (tertiary/aromatic N) is 3. The molecule has 3 aromatic rings. The van der Waals surface area contributed by atoms with Crippen molar-refractivity contribution < 1.29 is 9.53 Å². The highest BCUT2D eigenvalue weighted by Gasteiger charge is 2.32. The van der Waals surface area contributed by atoms with Crippen LogP contribution in [-0.4, -0.2) is 39.4 Å². The molecule has 0 unspecified atom stereocenters. The van der Waals surface area contributed by atoms with E-state index in [0.717, 1.165) is 35.1 Å². The first kappa shape index (κ1) is 18.6. The summed E-state index contributed by atoms with van der Waals surface area (Å²) in [5, 5.41) is 8.15. The fourth-order valence-electron chi connectivity index (χ4n) is 3.60. The number of ether oxygens (including phenoxy) is 1. The zero-order valence-electron chi connectivity index (χ0n) is 16.4. The number of carbonyl (C=O) groups is 1. The number of pyridine rings is 1. The molecule has 1 amide bonds. The van der Waals surface area contributed by atoms with E-state index in [2.05, 4.69) is 17.3 Å². The molecular weight excluding hydrogens is 352 g/mol. The molecule has 6 nitrogen and oxygen atoms in total. The zero-order chi connectivity index (χ0) is 19.6. The van der Waals surface area contributed by atoms with Crippen molar-refractivity contribution in [1.82, 2.24) is 20.1 Å². The lowest BCUT2D eigenvalue weighted by atomic mass is 9.82. The van der Waals surface area contributed by atoms with E-state index >= 15 is 0 Å². The number of hydrogen-bond acceptors (Lipinski definition) is 4. The molecule has 1 aliphatic carbocycles. The van der Waals surface area contributed by atoms with Gasteiger partial charge in [-0.15, -0.1) is 0 Å². The molecule has 1 aliphatic rings. The maximum absolute atomic E-state index is 12.9. The van der Waals surface area contributed by atoms with Gasteiger partial charge in [-0.05, 0) is 39.2 Å². The van der Waals surface area contributed by atoms with Gasteiger partial charge in [-0.2, -0.15) is 5.10 Å². The summed E-state index contributed by atoms with van der Waals surface area (Å²) in [6, 6.07) is 11.7. The topological polar surface area (TPSA) is 69.0 Å². The Hall–Kier alpha value is -2.73. The zero-order valence-corrected chi connectivity index (χ0v) is 16.4.